The summed E-state index contributed by atoms with van der Waals surface area (Å²) < 4.78 is 5.24. The van der Waals surface area contributed by atoms with Crippen LogP contribution in [0.15, 0.2) is 0 Å². The van der Waals surface area contributed by atoms with Gasteiger partial charge >= 0.3 is 6.09 Å². The van der Waals surface area contributed by atoms with Crippen LogP contribution in [0.5, 0.6) is 0 Å². The highest BCUT2D eigenvalue weighted by Gasteiger charge is 2.29. The summed E-state index contributed by atoms with van der Waals surface area (Å²) in [4.78, 5) is 24.3. The fourth-order valence-corrected chi connectivity index (χ4v) is 1.70. The van der Waals surface area contributed by atoms with E-state index in [4.69, 9.17) is 10.5 Å². The van der Waals surface area contributed by atoms with E-state index >= 15 is 0 Å². The first-order chi connectivity index (χ1) is 8.29. The Morgan fingerprint density at radius 2 is 1.83 bits per heavy atom. The summed E-state index contributed by atoms with van der Waals surface area (Å²) in [5.41, 5.74) is 4.74. The first-order valence-electron chi connectivity index (χ1n) is 6.57. The van der Waals surface area contributed by atoms with Crippen molar-refractivity contribution in [2.45, 2.75) is 53.1 Å². The van der Waals surface area contributed by atoms with Gasteiger partial charge in [0.15, 0.2) is 0 Å². The second kappa shape index (κ2) is 7.24. The molecule has 1 rings (SSSR count). The van der Waals surface area contributed by atoms with Gasteiger partial charge in [0.2, 0.25) is 5.91 Å². The number of amides is 2. The second-order valence-corrected chi connectivity index (χ2v) is 5.17. The van der Waals surface area contributed by atoms with Crippen molar-refractivity contribution in [1.82, 2.24) is 4.90 Å². The summed E-state index contributed by atoms with van der Waals surface area (Å²) >= 11 is 0. The molecule has 5 heteroatoms. The molecular formula is C13H26N2O3. The molecule has 1 fully saturated rings. The third kappa shape index (κ3) is 5.89. The molecule has 2 N–H and O–H groups in total. The van der Waals surface area contributed by atoms with Crippen LogP contribution in [-0.2, 0) is 9.53 Å². The monoisotopic (exact) mass is 258 g/mol. The van der Waals surface area contributed by atoms with Crippen LogP contribution in [0, 0.1) is 5.92 Å². The van der Waals surface area contributed by atoms with Crippen LogP contribution in [0.1, 0.15) is 47.5 Å². The molecule has 0 aromatic heterocycles. The van der Waals surface area contributed by atoms with E-state index in [0.29, 0.717) is 13.1 Å². The average molecular weight is 258 g/mol. The Labute approximate surface area is 110 Å². The fraction of sp³-hybridized carbons (Fsp3) is 0.846. The lowest BCUT2D eigenvalue weighted by atomic mass is 9.98. The highest BCUT2D eigenvalue weighted by molar-refractivity contribution is 5.78. The number of carbonyl (C=O) groups excluding carboxylic acids is 2. The zero-order chi connectivity index (χ0) is 14.3. The molecule has 0 saturated carbocycles. The summed E-state index contributed by atoms with van der Waals surface area (Å²) in [6.07, 6.45) is 1.19. The maximum absolute atomic E-state index is 11.7. The summed E-state index contributed by atoms with van der Waals surface area (Å²) in [7, 11) is 0. The Hall–Kier alpha value is -1.26. The van der Waals surface area contributed by atoms with E-state index in [1.807, 2.05) is 34.6 Å². The van der Waals surface area contributed by atoms with Gasteiger partial charge in [0.05, 0.1) is 5.92 Å². The molecule has 1 saturated heterocycles. The molecule has 0 aromatic carbocycles. The van der Waals surface area contributed by atoms with Gasteiger partial charge in [-0.15, -0.1) is 0 Å². The van der Waals surface area contributed by atoms with Gasteiger partial charge in [0.1, 0.15) is 5.60 Å². The quantitative estimate of drug-likeness (QED) is 0.783. The standard InChI is InChI=1S/C11H20N2O3.C2H6/c1-11(2,3)16-10(15)13-6-4-5-8(7-13)9(12)14;1-2/h8H,4-7H2,1-3H3,(H2,12,14);1-2H3. The van der Waals surface area contributed by atoms with E-state index in [1.54, 1.807) is 4.90 Å². The van der Waals surface area contributed by atoms with Gasteiger partial charge in [-0.05, 0) is 33.6 Å². The first-order valence-corrected chi connectivity index (χ1v) is 6.57. The summed E-state index contributed by atoms with van der Waals surface area (Å²) in [5, 5.41) is 0. The van der Waals surface area contributed by atoms with Crippen LogP contribution in [0.25, 0.3) is 0 Å². The van der Waals surface area contributed by atoms with Crippen LogP contribution in [0.2, 0.25) is 0 Å². The molecule has 0 aromatic rings. The van der Waals surface area contributed by atoms with Crippen LogP contribution in [0.4, 0.5) is 4.79 Å². The number of rotatable bonds is 1. The summed E-state index contributed by atoms with van der Waals surface area (Å²) in [6, 6.07) is 0. The number of hydrogen-bond donors (Lipinski definition) is 1. The predicted octanol–water partition coefficient (Wildman–Crippen LogP) is 2.15. The molecule has 18 heavy (non-hydrogen) atoms. The van der Waals surface area contributed by atoms with Crippen molar-refractivity contribution in [3.63, 3.8) is 0 Å². The molecule has 106 valence electrons. The van der Waals surface area contributed by atoms with Gasteiger partial charge in [-0.3, -0.25) is 4.79 Å². The smallest absolute Gasteiger partial charge is 0.410 e. The van der Waals surface area contributed by atoms with E-state index in [0.717, 1.165) is 12.8 Å². The van der Waals surface area contributed by atoms with Crippen molar-refractivity contribution in [2.75, 3.05) is 13.1 Å². The van der Waals surface area contributed by atoms with Gasteiger partial charge < -0.3 is 15.4 Å². The Balaban J connectivity index is 0.00000137. The van der Waals surface area contributed by atoms with Crippen molar-refractivity contribution in [1.29, 1.82) is 0 Å². The molecular weight excluding hydrogens is 232 g/mol. The number of piperidine rings is 1. The zero-order valence-electron chi connectivity index (χ0n) is 12.2. The van der Waals surface area contributed by atoms with Crippen LogP contribution in [-0.4, -0.2) is 35.6 Å². The van der Waals surface area contributed by atoms with E-state index in [2.05, 4.69) is 0 Å². The summed E-state index contributed by atoms with van der Waals surface area (Å²) in [6.45, 7) is 10.5. The van der Waals surface area contributed by atoms with Crippen molar-refractivity contribution in [3.8, 4) is 0 Å². The topological polar surface area (TPSA) is 72.6 Å². The van der Waals surface area contributed by atoms with Crippen LogP contribution < -0.4 is 5.73 Å². The van der Waals surface area contributed by atoms with Gasteiger partial charge in [-0.1, -0.05) is 13.8 Å². The van der Waals surface area contributed by atoms with Crippen molar-refractivity contribution in [3.05, 3.63) is 0 Å². The van der Waals surface area contributed by atoms with Gasteiger partial charge in [0, 0.05) is 13.1 Å². The third-order valence-electron chi connectivity index (χ3n) is 2.48. The number of nitrogens with zero attached hydrogens (tertiary/aromatic N) is 1. The van der Waals surface area contributed by atoms with Gasteiger partial charge in [-0.2, -0.15) is 0 Å². The normalized spacial score (nSPS) is 19.6. The number of likely N-dealkylation sites (tertiary alicyclic amines) is 1. The Kier molecular flexibility index (Phi) is 6.73. The number of nitrogens with two attached hydrogens (primary N) is 1. The highest BCUT2D eigenvalue weighted by atomic mass is 16.6. The molecule has 0 aliphatic carbocycles. The minimum Gasteiger partial charge on any atom is -0.444 e. The molecule has 5 nitrogen and oxygen atoms in total. The fourth-order valence-electron chi connectivity index (χ4n) is 1.70. The molecule has 2 amide bonds. The van der Waals surface area contributed by atoms with Crippen LogP contribution in [0.3, 0.4) is 0 Å². The summed E-state index contributed by atoms with van der Waals surface area (Å²) in [5.74, 6) is -0.575. The highest BCUT2D eigenvalue weighted by Crippen LogP contribution is 2.18. The first kappa shape index (κ1) is 16.7. The minimum atomic E-state index is -0.503. The number of ether oxygens (including phenoxy) is 1. The van der Waals surface area contributed by atoms with Crippen molar-refractivity contribution in [2.24, 2.45) is 11.7 Å². The predicted molar refractivity (Wildman–Crippen MR) is 71.1 cm³/mol. The van der Waals surface area contributed by atoms with Crippen LogP contribution >= 0.6 is 0 Å². The Morgan fingerprint density at radius 3 is 2.28 bits per heavy atom. The van der Waals surface area contributed by atoms with Gasteiger partial charge in [0.25, 0.3) is 0 Å². The number of carbonyl (C=O) groups is 2. The van der Waals surface area contributed by atoms with Crippen molar-refractivity contribution < 1.29 is 14.3 Å². The zero-order valence-corrected chi connectivity index (χ0v) is 12.2. The molecule has 1 aliphatic heterocycles. The van der Waals surface area contributed by atoms with E-state index in [-0.39, 0.29) is 17.9 Å². The van der Waals surface area contributed by atoms with E-state index in [1.165, 1.54) is 0 Å². The molecule has 1 heterocycles. The second-order valence-electron chi connectivity index (χ2n) is 5.17. The lowest BCUT2D eigenvalue weighted by Crippen LogP contribution is -2.45. The number of hydrogen-bond acceptors (Lipinski definition) is 3. The van der Waals surface area contributed by atoms with E-state index in [9.17, 15) is 9.59 Å². The molecule has 0 spiro atoms. The number of primary amides is 1. The van der Waals surface area contributed by atoms with Gasteiger partial charge in [-0.25, -0.2) is 4.79 Å². The molecule has 0 bridgehead atoms. The molecule has 1 atom stereocenters. The SMILES string of the molecule is CC.CC(C)(C)OC(=O)N1CCCC(C(N)=O)C1. The van der Waals surface area contributed by atoms with Crippen molar-refractivity contribution >= 4 is 12.0 Å². The molecule has 0 radical (unpaired) electrons. The average Bonchev–Trinajstić information content (AvgIpc) is 2.29. The Bertz CT molecular complexity index is 284. The lowest BCUT2D eigenvalue weighted by Gasteiger charge is -2.32. The maximum atomic E-state index is 11.7. The largest absolute Gasteiger partial charge is 0.444 e. The maximum Gasteiger partial charge on any atom is 0.410 e. The minimum absolute atomic E-state index is 0.235. The molecule has 1 aliphatic rings. The van der Waals surface area contributed by atoms with E-state index < -0.39 is 5.60 Å². The Morgan fingerprint density at radius 1 is 1.28 bits per heavy atom. The third-order valence-corrected chi connectivity index (χ3v) is 2.48. The molecule has 1 unspecified atom stereocenters. The lowest BCUT2D eigenvalue weighted by molar-refractivity contribution is -0.123.